The van der Waals surface area contributed by atoms with Gasteiger partial charge in [-0.1, -0.05) is 32.8 Å². The summed E-state index contributed by atoms with van der Waals surface area (Å²) < 4.78 is 0. The predicted octanol–water partition coefficient (Wildman–Crippen LogP) is 1.67. The van der Waals surface area contributed by atoms with Crippen molar-refractivity contribution in [3.05, 3.63) is 12.7 Å². The molecule has 0 aliphatic heterocycles. The van der Waals surface area contributed by atoms with Gasteiger partial charge in [-0.2, -0.15) is 0 Å². The van der Waals surface area contributed by atoms with Crippen molar-refractivity contribution in [3.63, 3.8) is 0 Å². The van der Waals surface area contributed by atoms with Crippen LogP contribution in [0.3, 0.4) is 0 Å². The van der Waals surface area contributed by atoms with E-state index in [-0.39, 0.29) is 12.5 Å². The van der Waals surface area contributed by atoms with E-state index >= 15 is 0 Å². The molecule has 4 heteroatoms. The molecular weight excluding hydrogens is 194 g/mol. The lowest BCUT2D eigenvalue weighted by Crippen LogP contribution is -2.35. The number of carboxylic acids is 1. The molecule has 15 heavy (non-hydrogen) atoms. The highest BCUT2D eigenvalue weighted by atomic mass is 16.4. The van der Waals surface area contributed by atoms with E-state index in [1.165, 1.54) is 4.90 Å². The van der Waals surface area contributed by atoms with Crippen molar-refractivity contribution in [2.75, 3.05) is 13.1 Å². The van der Waals surface area contributed by atoms with Crippen molar-refractivity contribution in [2.24, 2.45) is 0 Å². The summed E-state index contributed by atoms with van der Waals surface area (Å²) in [5.74, 6) is -1.30. The van der Waals surface area contributed by atoms with Crippen molar-refractivity contribution < 1.29 is 14.7 Å². The van der Waals surface area contributed by atoms with E-state index < -0.39 is 5.97 Å². The summed E-state index contributed by atoms with van der Waals surface area (Å²) in [6.07, 6.45) is 5.26. The van der Waals surface area contributed by atoms with E-state index in [0.29, 0.717) is 6.54 Å². The monoisotopic (exact) mass is 213 g/mol. The molecule has 0 saturated heterocycles. The Balaban J connectivity index is 3.96. The van der Waals surface area contributed by atoms with Crippen LogP contribution in [0, 0.1) is 0 Å². The van der Waals surface area contributed by atoms with Crippen molar-refractivity contribution in [2.45, 2.75) is 32.6 Å². The maximum absolute atomic E-state index is 11.3. The van der Waals surface area contributed by atoms with Crippen LogP contribution in [0.25, 0.3) is 0 Å². The molecule has 0 aliphatic rings. The molecule has 0 radical (unpaired) electrons. The summed E-state index contributed by atoms with van der Waals surface area (Å²) in [6.45, 7) is 5.71. The zero-order valence-electron chi connectivity index (χ0n) is 9.24. The molecular formula is C11H19NO3. The SMILES string of the molecule is C=CC(=O)N(CCCCCC)CC(=O)O. The van der Waals surface area contributed by atoms with Gasteiger partial charge < -0.3 is 10.0 Å². The van der Waals surface area contributed by atoms with Gasteiger partial charge in [-0.25, -0.2) is 0 Å². The van der Waals surface area contributed by atoms with Crippen LogP contribution in [0.2, 0.25) is 0 Å². The second-order valence-electron chi connectivity index (χ2n) is 3.42. The molecule has 1 N–H and O–H groups in total. The molecule has 0 heterocycles. The summed E-state index contributed by atoms with van der Waals surface area (Å²) in [5, 5.41) is 8.60. The summed E-state index contributed by atoms with van der Waals surface area (Å²) >= 11 is 0. The number of nitrogens with zero attached hydrogens (tertiary/aromatic N) is 1. The minimum absolute atomic E-state index is 0.239. The molecule has 86 valence electrons. The third-order valence-electron chi connectivity index (χ3n) is 2.09. The van der Waals surface area contributed by atoms with Gasteiger partial charge in [0.25, 0.3) is 0 Å². The lowest BCUT2D eigenvalue weighted by molar-refractivity contribution is -0.142. The lowest BCUT2D eigenvalue weighted by atomic mass is 10.2. The van der Waals surface area contributed by atoms with Gasteiger partial charge in [-0.15, -0.1) is 0 Å². The smallest absolute Gasteiger partial charge is 0.323 e. The minimum atomic E-state index is -0.985. The lowest BCUT2D eigenvalue weighted by Gasteiger charge is -2.18. The zero-order valence-corrected chi connectivity index (χ0v) is 9.24. The van der Waals surface area contributed by atoms with E-state index in [1.807, 2.05) is 0 Å². The molecule has 4 nitrogen and oxygen atoms in total. The first kappa shape index (κ1) is 13.7. The summed E-state index contributed by atoms with van der Waals surface area (Å²) in [6, 6.07) is 0. The molecule has 0 aromatic rings. The average Bonchev–Trinajstić information content (AvgIpc) is 2.21. The molecule has 0 atom stereocenters. The van der Waals surface area contributed by atoms with E-state index in [9.17, 15) is 9.59 Å². The molecule has 0 aliphatic carbocycles. The van der Waals surface area contributed by atoms with Crippen molar-refractivity contribution in [3.8, 4) is 0 Å². The van der Waals surface area contributed by atoms with Crippen molar-refractivity contribution >= 4 is 11.9 Å². The standard InChI is InChI=1S/C11H19NO3/c1-3-5-6-7-8-12(9-11(14)15)10(13)4-2/h4H,2-3,5-9H2,1H3,(H,14,15). The zero-order chi connectivity index (χ0) is 11.7. The van der Waals surface area contributed by atoms with Crippen LogP contribution >= 0.6 is 0 Å². The third-order valence-corrected chi connectivity index (χ3v) is 2.09. The largest absolute Gasteiger partial charge is 0.480 e. The number of unbranched alkanes of at least 4 members (excludes halogenated alkanes) is 3. The molecule has 0 unspecified atom stereocenters. The Labute approximate surface area is 90.6 Å². The first-order valence-corrected chi connectivity index (χ1v) is 5.25. The Morgan fingerprint density at radius 2 is 2.00 bits per heavy atom. The van der Waals surface area contributed by atoms with Crippen molar-refractivity contribution in [1.82, 2.24) is 4.90 Å². The maximum Gasteiger partial charge on any atom is 0.323 e. The van der Waals surface area contributed by atoms with E-state index in [0.717, 1.165) is 31.8 Å². The van der Waals surface area contributed by atoms with Crippen LogP contribution in [0.15, 0.2) is 12.7 Å². The highest BCUT2D eigenvalue weighted by molar-refractivity contribution is 5.89. The Morgan fingerprint density at radius 3 is 2.47 bits per heavy atom. The molecule has 0 spiro atoms. The van der Waals surface area contributed by atoms with Gasteiger partial charge in [0.1, 0.15) is 6.54 Å². The Hall–Kier alpha value is -1.32. The summed E-state index contributed by atoms with van der Waals surface area (Å²) in [5.41, 5.74) is 0. The van der Waals surface area contributed by atoms with E-state index in [4.69, 9.17) is 5.11 Å². The Bertz CT molecular complexity index is 226. The van der Waals surface area contributed by atoms with Gasteiger partial charge in [0.2, 0.25) is 5.91 Å². The first-order chi connectivity index (χ1) is 7.11. The fourth-order valence-corrected chi connectivity index (χ4v) is 1.29. The number of amides is 1. The normalized spacial score (nSPS) is 9.67. The predicted molar refractivity (Wildman–Crippen MR) is 58.6 cm³/mol. The van der Waals surface area contributed by atoms with Gasteiger partial charge in [0, 0.05) is 6.54 Å². The number of carbonyl (C=O) groups excluding carboxylic acids is 1. The maximum atomic E-state index is 11.3. The molecule has 0 saturated carbocycles. The highest BCUT2D eigenvalue weighted by Crippen LogP contribution is 2.02. The summed E-state index contributed by atoms with van der Waals surface area (Å²) in [4.78, 5) is 23.1. The first-order valence-electron chi connectivity index (χ1n) is 5.25. The molecule has 0 fully saturated rings. The molecule has 0 aromatic carbocycles. The Kier molecular flexibility index (Phi) is 7.32. The number of carboxylic acid groups (broad SMARTS) is 1. The highest BCUT2D eigenvalue weighted by Gasteiger charge is 2.12. The van der Waals surface area contributed by atoms with E-state index in [2.05, 4.69) is 13.5 Å². The Morgan fingerprint density at radius 1 is 1.33 bits per heavy atom. The van der Waals surface area contributed by atoms with Crippen LogP contribution in [0.5, 0.6) is 0 Å². The second-order valence-corrected chi connectivity index (χ2v) is 3.42. The van der Waals surface area contributed by atoms with Gasteiger partial charge >= 0.3 is 5.97 Å². The van der Waals surface area contributed by atoms with E-state index in [1.54, 1.807) is 0 Å². The van der Waals surface area contributed by atoms with Gasteiger partial charge in [0.05, 0.1) is 0 Å². The van der Waals surface area contributed by atoms with Crippen molar-refractivity contribution in [1.29, 1.82) is 0 Å². The summed E-state index contributed by atoms with van der Waals surface area (Å²) in [7, 11) is 0. The molecule has 1 amide bonds. The van der Waals surface area contributed by atoms with Crippen LogP contribution in [-0.4, -0.2) is 35.0 Å². The minimum Gasteiger partial charge on any atom is -0.480 e. The third kappa shape index (κ3) is 6.71. The van der Waals surface area contributed by atoms with Gasteiger partial charge in [-0.05, 0) is 12.5 Å². The number of hydrogen-bond acceptors (Lipinski definition) is 2. The second kappa shape index (κ2) is 8.03. The molecule has 0 rings (SSSR count). The fraction of sp³-hybridized carbons (Fsp3) is 0.636. The van der Waals surface area contributed by atoms with Crippen LogP contribution in [-0.2, 0) is 9.59 Å². The molecule has 0 aromatic heterocycles. The number of hydrogen-bond donors (Lipinski definition) is 1. The number of carbonyl (C=O) groups is 2. The number of rotatable bonds is 8. The van der Waals surface area contributed by atoms with Crippen LogP contribution in [0.4, 0.5) is 0 Å². The number of aliphatic carboxylic acids is 1. The average molecular weight is 213 g/mol. The molecule has 0 bridgehead atoms. The van der Waals surface area contributed by atoms with Crippen LogP contribution in [0.1, 0.15) is 32.6 Å². The van der Waals surface area contributed by atoms with Gasteiger partial charge in [-0.3, -0.25) is 9.59 Å². The van der Waals surface area contributed by atoms with Crippen LogP contribution < -0.4 is 0 Å². The van der Waals surface area contributed by atoms with Gasteiger partial charge in [0.15, 0.2) is 0 Å². The quantitative estimate of drug-likeness (QED) is 0.493. The topological polar surface area (TPSA) is 57.6 Å². The fourth-order valence-electron chi connectivity index (χ4n) is 1.29.